The maximum atomic E-state index is 10.5. The molecular formula is C18H20O2. The lowest BCUT2D eigenvalue weighted by Crippen LogP contribution is -2.35. The summed E-state index contributed by atoms with van der Waals surface area (Å²) in [5.41, 5.74) is 3.88. The summed E-state index contributed by atoms with van der Waals surface area (Å²) in [4.78, 5) is 0. The Kier molecular flexibility index (Phi) is 3.06. The molecule has 2 aromatic carbocycles. The minimum atomic E-state index is -0.482. The molecule has 2 atom stereocenters. The maximum absolute atomic E-state index is 10.5. The summed E-state index contributed by atoms with van der Waals surface area (Å²) < 4.78 is 6.23. The molecule has 0 saturated carbocycles. The Morgan fingerprint density at radius 2 is 1.85 bits per heavy atom. The molecule has 0 aromatic heterocycles. The van der Waals surface area contributed by atoms with Gasteiger partial charge in [0, 0.05) is 12.0 Å². The van der Waals surface area contributed by atoms with Crippen molar-refractivity contribution >= 4 is 0 Å². The van der Waals surface area contributed by atoms with Gasteiger partial charge in [0.05, 0.1) is 6.10 Å². The first-order valence-corrected chi connectivity index (χ1v) is 7.03. The van der Waals surface area contributed by atoms with Gasteiger partial charge in [-0.1, -0.05) is 41.5 Å². The number of ether oxygens (including phenoxy) is 1. The molecule has 3 rings (SSSR count). The third-order valence-corrected chi connectivity index (χ3v) is 4.07. The van der Waals surface area contributed by atoms with Crippen molar-refractivity contribution in [1.29, 1.82) is 0 Å². The number of rotatable bonds is 1. The van der Waals surface area contributed by atoms with Gasteiger partial charge in [-0.3, -0.25) is 0 Å². The van der Waals surface area contributed by atoms with Crippen LogP contribution in [0.2, 0.25) is 0 Å². The first-order chi connectivity index (χ1) is 9.48. The van der Waals surface area contributed by atoms with Crippen molar-refractivity contribution < 1.29 is 9.84 Å². The molecule has 0 fully saturated rings. The minimum absolute atomic E-state index is 0.478. The summed E-state index contributed by atoms with van der Waals surface area (Å²) >= 11 is 0. The number of aliphatic hydroxyl groups excluding tert-OH is 1. The van der Waals surface area contributed by atoms with Gasteiger partial charge in [-0.15, -0.1) is 0 Å². The van der Waals surface area contributed by atoms with E-state index in [2.05, 4.69) is 25.1 Å². The predicted molar refractivity (Wildman–Crippen MR) is 79.9 cm³/mol. The molecule has 0 saturated heterocycles. The molecule has 0 amide bonds. The molecule has 2 unspecified atom stereocenters. The SMILES string of the molecule is Cc1cccc(C2(C)CC(O)c3cc(C)ccc3O2)c1. The summed E-state index contributed by atoms with van der Waals surface area (Å²) in [6.07, 6.45) is 0.0940. The Bertz CT molecular complexity index is 648. The molecule has 1 heterocycles. The Morgan fingerprint density at radius 3 is 2.60 bits per heavy atom. The van der Waals surface area contributed by atoms with E-state index in [4.69, 9.17) is 4.74 Å². The molecule has 0 bridgehead atoms. The number of hydrogen-bond acceptors (Lipinski definition) is 2. The van der Waals surface area contributed by atoms with Gasteiger partial charge in [-0.2, -0.15) is 0 Å². The van der Waals surface area contributed by atoms with Crippen LogP contribution in [0.4, 0.5) is 0 Å². The van der Waals surface area contributed by atoms with E-state index >= 15 is 0 Å². The Morgan fingerprint density at radius 1 is 1.10 bits per heavy atom. The standard InChI is InChI=1S/C18H20O2/c1-12-5-4-6-14(9-12)18(3)11-16(19)15-10-13(2)7-8-17(15)20-18/h4-10,16,19H,11H2,1-3H3. The van der Waals surface area contributed by atoms with Crippen molar-refractivity contribution in [2.45, 2.75) is 38.9 Å². The lowest BCUT2D eigenvalue weighted by atomic mass is 9.84. The van der Waals surface area contributed by atoms with Crippen LogP contribution in [0.15, 0.2) is 42.5 Å². The monoisotopic (exact) mass is 268 g/mol. The summed E-state index contributed by atoms with van der Waals surface area (Å²) in [7, 11) is 0. The fraction of sp³-hybridized carbons (Fsp3) is 0.333. The van der Waals surface area contributed by atoms with Gasteiger partial charge in [0.15, 0.2) is 0 Å². The molecule has 20 heavy (non-hydrogen) atoms. The molecule has 1 aliphatic rings. The van der Waals surface area contributed by atoms with Crippen LogP contribution in [-0.2, 0) is 5.60 Å². The van der Waals surface area contributed by atoms with E-state index in [9.17, 15) is 5.11 Å². The van der Waals surface area contributed by atoms with E-state index in [1.165, 1.54) is 5.56 Å². The predicted octanol–water partition coefficient (Wildman–Crippen LogP) is 4.03. The molecule has 1 aliphatic heterocycles. The van der Waals surface area contributed by atoms with Crippen LogP contribution in [0.1, 0.15) is 41.7 Å². The second kappa shape index (κ2) is 4.64. The van der Waals surface area contributed by atoms with Crippen LogP contribution in [0, 0.1) is 13.8 Å². The highest BCUT2D eigenvalue weighted by Gasteiger charge is 2.38. The highest BCUT2D eigenvalue weighted by molar-refractivity contribution is 5.42. The number of aliphatic hydroxyl groups is 1. The maximum Gasteiger partial charge on any atom is 0.134 e. The van der Waals surface area contributed by atoms with E-state index in [0.717, 1.165) is 22.4 Å². The van der Waals surface area contributed by atoms with Gasteiger partial charge in [0.2, 0.25) is 0 Å². The normalized spacial score (nSPS) is 24.9. The van der Waals surface area contributed by atoms with E-state index in [1.807, 2.05) is 38.1 Å². The number of benzene rings is 2. The summed E-state index contributed by atoms with van der Waals surface area (Å²) in [6, 6.07) is 14.3. The van der Waals surface area contributed by atoms with Crippen LogP contribution >= 0.6 is 0 Å². The van der Waals surface area contributed by atoms with Gasteiger partial charge in [-0.05, 0) is 38.5 Å². The topological polar surface area (TPSA) is 29.5 Å². The second-order valence-electron chi connectivity index (χ2n) is 5.96. The number of fused-ring (bicyclic) bond motifs is 1. The Balaban J connectivity index is 2.04. The molecular weight excluding hydrogens is 248 g/mol. The third-order valence-electron chi connectivity index (χ3n) is 4.07. The number of hydrogen-bond donors (Lipinski definition) is 1. The highest BCUT2D eigenvalue weighted by atomic mass is 16.5. The van der Waals surface area contributed by atoms with Crippen molar-refractivity contribution in [3.8, 4) is 5.75 Å². The zero-order chi connectivity index (χ0) is 14.3. The fourth-order valence-corrected chi connectivity index (χ4v) is 2.94. The van der Waals surface area contributed by atoms with Gasteiger partial charge < -0.3 is 9.84 Å². The Labute approximate surface area is 120 Å². The van der Waals surface area contributed by atoms with Crippen LogP contribution in [-0.4, -0.2) is 5.11 Å². The zero-order valence-electron chi connectivity index (χ0n) is 12.2. The molecule has 0 spiro atoms. The minimum Gasteiger partial charge on any atom is -0.482 e. The van der Waals surface area contributed by atoms with Crippen molar-refractivity contribution in [1.82, 2.24) is 0 Å². The van der Waals surface area contributed by atoms with Gasteiger partial charge >= 0.3 is 0 Å². The van der Waals surface area contributed by atoms with E-state index in [-0.39, 0.29) is 0 Å². The molecule has 0 aliphatic carbocycles. The second-order valence-corrected chi connectivity index (χ2v) is 5.96. The third kappa shape index (κ3) is 2.20. The molecule has 2 heteroatoms. The Hall–Kier alpha value is -1.80. The first-order valence-electron chi connectivity index (χ1n) is 7.03. The molecule has 1 N–H and O–H groups in total. The van der Waals surface area contributed by atoms with Crippen LogP contribution in [0.3, 0.4) is 0 Å². The smallest absolute Gasteiger partial charge is 0.134 e. The van der Waals surface area contributed by atoms with E-state index in [1.54, 1.807) is 0 Å². The van der Waals surface area contributed by atoms with Gasteiger partial charge in [-0.25, -0.2) is 0 Å². The van der Waals surface area contributed by atoms with Crippen LogP contribution in [0.25, 0.3) is 0 Å². The van der Waals surface area contributed by atoms with Crippen molar-refractivity contribution in [2.24, 2.45) is 0 Å². The summed E-state index contributed by atoms with van der Waals surface area (Å²) in [6.45, 7) is 6.15. The van der Waals surface area contributed by atoms with E-state index in [0.29, 0.717) is 6.42 Å². The summed E-state index contributed by atoms with van der Waals surface area (Å²) in [5.74, 6) is 0.790. The summed E-state index contributed by atoms with van der Waals surface area (Å²) in [5, 5.41) is 10.5. The first kappa shape index (κ1) is 13.2. The quantitative estimate of drug-likeness (QED) is 0.846. The van der Waals surface area contributed by atoms with E-state index < -0.39 is 11.7 Å². The fourth-order valence-electron chi connectivity index (χ4n) is 2.94. The van der Waals surface area contributed by atoms with Crippen LogP contribution < -0.4 is 4.74 Å². The van der Waals surface area contributed by atoms with Crippen molar-refractivity contribution in [3.05, 3.63) is 64.7 Å². The lowest BCUT2D eigenvalue weighted by molar-refractivity contribution is -0.00493. The average Bonchev–Trinajstić information content (AvgIpc) is 2.40. The average molecular weight is 268 g/mol. The van der Waals surface area contributed by atoms with Crippen molar-refractivity contribution in [3.63, 3.8) is 0 Å². The number of aryl methyl sites for hydroxylation is 2. The largest absolute Gasteiger partial charge is 0.482 e. The molecule has 104 valence electrons. The molecule has 2 aromatic rings. The highest BCUT2D eigenvalue weighted by Crippen LogP contribution is 2.44. The van der Waals surface area contributed by atoms with Crippen molar-refractivity contribution in [2.75, 3.05) is 0 Å². The van der Waals surface area contributed by atoms with Gasteiger partial charge in [0.25, 0.3) is 0 Å². The van der Waals surface area contributed by atoms with Crippen LogP contribution in [0.5, 0.6) is 5.75 Å². The zero-order valence-corrected chi connectivity index (χ0v) is 12.2. The lowest BCUT2D eigenvalue weighted by Gasteiger charge is -2.39. The van der Waals surface area contributed by atoms with Gasteiger partial charge in [0.1, 0.15) is 11.4 Å². The molecule has 0 radical (unpaired) electrons. The molecule has 2 nitrogen and oxygen atoms in total.